The van der Waals surface area contributed by atoms with Crippen molar-refractivity contribution in [2.24, 2.45) is 0 Å². The van der Waals surface area contributed by atoms with E-state index in [1.807, 2.05) is 0 Å². The van der Waals surface area contributed by atoms with Gasteiger partial charge in [0.05, 0.1) is 6.42 Å². The molecule has 0 radical (unpaired) electrons. The van der Waals surface area contributed by atoms with E-state index < -0.39 is 30.2 Å². The summed E-state index contributed by atoms with van der Waals surface area (Å²) in [7, 11) is 0. The van der Waals surface area contributed by atoms with Crippen LogP contribution in [-0.2, 0) is 9.59 Å². The predicted octanol–water partition coefficient (Wildman–Crippen LogP) is 0.816. The van der Waals surface area contributed by atoms with Crippen LogP contribution in [0, 0.1) is 0 Å². The molecule has 4 nitrogen and oxygen atoms in total. The van der Waals surface area contributed by atoms with E-state index in [4.69, 9.17) is 10.2 Å². The van der Waals surface area contributed by atoms with Crippen LogP contribution in [0.4, 0.5) is 17.6 Å². The molecule has 2 N–H and O–H groups in total. The number of carboxylic acid groups (broad SMARTS) is 2. The minimum Gasteiger partial charge on any atom is -0.477 e. The number of halogens is 4. The van der Waals surface area contributed by atoms with E-state index >= 15 is 0 Å². The number of carboxylic acids is 2. The summed E-state index contributed by atoms with van der Waals surface area (Å²) >= 11 is 0. The molecule has 0 aromatic rings. The molecule has 0 aromatic heterocycles. The number of hydrogen-bond donors (Lipinski definition) is 2. The molecule has 0 atom stereocenters. The smallest absolute Gasteiger partial charge is 0.374 e. The minimum atomic E-state index is -4.75. The molecule has 0 unspecified atom stereocenters. The van der Waals surface area contributed by atoms with Crippen molar-refractivity contribution in [3.8, 4) is 0 Å². The van der Waals surface area contributed by atoms with Gasteiger partial charge in [0.15, 0.2) is 0 Å². The lowest BCUT2D eigenvalue weighted by Crippen LogP contribution is -2.40. The molecule has 0 aromatic carbocycles. The first-order valence-electron chi connectivity index (χ1n) is 2.82. The molecule has 0 aliphatic heterocycles. The molecule has 0 spiro atoms. The van der Waals surface area contributed by atoms with E-state index in [0.29, 0.717) is 0 Å². The van der Waals surface area contributed by atoms with Crippen molar-refractivity contribution in [2.45, 2.75) is 18.3 Å². The van der Waals surface area contributed by atoms with Crippen LogP contribution in [0.5, 0.6) is 0 Å². The molecule has 0 bridgehead atoms. The second-order valence-electron chi connectivity index (χ2n) is 2.20. The molecule has 0 rings (SSSR count). The van der Waals surface area contributed by atoms with Gasteiger partial charge in [0.2, 0.25) is 0 Å². The van der Waals surface area contributed by atoms with Gasteiger partial charge in [0.1, 0.15) is 0 Å². The molecule has 0 aliphatic rings. The molecule has 0 saturated carbocycles. The van der Waals surface area contributed by atoms with Crippen molar-refractivity contribution in [2.75, 3.05) is 0 Å². The fraction of sp³-hybridized carbons (Fsp3) is 0.600. The lowest BCUT2D eigenvalue weighted by molar-refractivity contribution is -0.189. The van der Waals surface area contributed by atoms with Crippen LogP contribution >= 0.6 is 0 Å². The van der Waals surface area contributed by atoms with Gasteiger partial charge in [0, 0.05) is 0 Å². The summed E-state index contributed by atoms with van der Waals surface area (Å²) in [6, 6.07) is 0. The number of alkyl halides is 4. The maximum Gasteiger partial charge on any atom is 0.374 e. The van der Waals surface area contributed by atoms with Crippen molar-refractivity contribution >= 4 is 11.9 Å². The topological polar surface area (TPSA) is 74.6 Å². The summed E-state index contributed by atoms with van der Waals surface area (Å²) in [6.07, 6.45) is -2.55. The Morgan fingerprint density at radius 1 is 0.923 bits per heavy atom. The number of carbonyl (C=O) groups is 2. The predicted molar refractivity (Wildman–Crippen MR) is 29.8 cm³/mol. The Morgan fingerprint density at radius 2 is 1.15 bits per heavy atom. The van der Waals surface area contributed by atoms with E-state index in [2.05, 4.69) is 0 Å². The molecular formula is C5H4F4O4. The maximum absolute atomic E-state index is 12.1. The number of hydrogen-bond acceptors (Lipinski definition) is 2. The normalized spacial score (nSPS) is 12.6. The van der Waals surface area contributed by atoms with Gasteiger partial charge in [-0.2, -0.15) is 17.6 Å². The quantitative estimate of drug-likeness (QED) is 0.664. The molecule has 8 heteroatoms. The third-order valence-electron chi connectivity index (χ3n) is 1.07. The molecule has 0 saturated heterocycles. The van der Waals surface area contributed by atoms with Gasteiger partial charge in [-0.15, -0.1) is 0 Å². The average molecular weight is 204 g/mol. The first kappa shape index (κ1) is 11.7. The van der Waals surface area contributed by atoms with E-state index in [-0.39, 0.29) is 0 Å². The van der Waals surface area contributed by atoms with E-state index in [0.717, 1.165) is 0 Å². The van der Waals surface area contributed by atoms with Gasteiger partial charge in [-0.3, -0.25) is 0 Å². The zero-order chi connectivity index (χ0) is 10.9. The van der Waals surface area contributed by atoms with Crippen molar-refractivity contribution in [1.29, 1.82) is 0 Å². The molecule has 0 heterocycles. The van der Waals surface area contributed by atoms with Crippen molar-refractivity contribution in [3.05, 3.63) is 0 Å². The van der Waals surface area contributed by atoms with Crippen LogP contribution in [0.15, 0.2) is 0 Å². The van der Waals surface area contributed by atoms with Crippen molar-refractivity contribution in [3.63, 3.8) is 0 Å². The fourth-order valence-corrected chi connectivity index (χ4v) is 0.430. The zero-order valence-corrected chi connectivity index (χ0v) is 5.93. The van der Waals surface area contributed by atoms with Gasteiger partial charge in [-0.25, -0.2) is 9.59 Å². The maximum atomic E-state index is 12.1. The van der Waals surface area contributed by atoms with Crippen LogP contribution in [0.25, 0.3) is 0 Å². The Labute approximate surface area is 68.8 Å². The van der Waals surface area contributed by atoms with E-state index in [1.54, 1.807) is 0 Å². The van der Waals surface area contributed by atoms with Crippen LogP contribution in [-0.4, -0.2) is 34.0 Å². The summed E-state index contributed by atoms with van der Waals surface area (Å²) in [4.78, 5) is 19.3. The monoisotopic (exact) mass is 204 g/mol. The summed E-state index contributed by atoms with van der Waals surface area (Å²) in [5, 5.41) is 15.4. The first-order valence-corrected chi connectivity index (χ1v) is 2.82. The van der Waals surface area contributed by atoms with Crippen LogP contribution < -0.4 is 0 Å². The van der Waals surface area contributed by atoms with Crippen molar-refractivity contribution < 1.29 is 37.4 Å². The third kappa shape index (κ3) is 2.88. The lowest BCUT2D eigenvalue weighted by Gasteiger charge is -2.15. The molecule has 76 valence electrons. The Bertz CT molecular complexity index is 213. The van der Waals surface area contributed by atoms with Gasteiger partial charge in [-0.1, -0.05) is 0 Å². The highest BCUT2D eigenvalue weighted by molar-refractivity contribution is 5.79. The summed E-state index contributed by atoms with van der Waals surface area (Å²) < 4.78 is 48.2. The summed E-state index contributed by atoms with van der Waals surface area (Å²) in [5.41, 5.74) is 0. The largest absolute Gasteiger partial charge is 0.477 e. The van der Waals surface area contributed by atoms with Crippen LogP contribution in [0.3, 0.4) is 0 Å². The fourth-order valence-electron chi connectivity index (χ4n) is 0.430. The Hall–Kier alpha value is -1.34. The van der Waals surface area contributed by atoms with Gasteiger partial charge >= 0.3 is 23.8 Å². The number of rotatable bonds is 4. The van der Waals surface area contributed by atoms with Crippen molar-refractivity contribution in [1.82, 2.24) is 0 Å². The average Bonchev–Trinajstić information content (AvgIpc) is 1.83. The summed E-state index contributed by atoms with van der Waals surface area (Å²) in [5.74, 6) is -15.1. The second kappa shape index (κ2) is 3.19. The highest BCUT2D eigenvalue weighted by atomic mass is 19.3. The highest BCUT2D eigenvalue weighted by Gasteiger charge is 2.53. The van der Waals surface area contributed by atoms with Gasteiger partial charge in [-0.05, 0) is 0 Å². The SMILES string of the molecule is O=C(O)C(F)(F)CC(F)(F)C(=O)O. The Morgan fingerprint density at radius 3 is 1.31 bits per heavy atom. The molecule has 13 heavy (non-hydrogen) atoms. The standard InChI is InChI=1S/C5H4F4O4/c6-4(7,2(10)11)1-5(8,9)3(12)13/h1H2,(H,10,11)(H,12,13). The van der Waals surface area contributed by atoms with E-state index in [1.165, 1.54) is 0 Å². The highest BCUT2D eigenvalue weighted by Crippen LogP contribution is 2.30. The molecular weight excluding hydrogens is 200 g/mol. The van der Waals surface area contributed by atoms with Gasteiger partial charge < -0.3 is 10.2 Å². The Balaban J connectivity index is 4.61. The molecule has 0 fully saturated rings. The lowest BCUT2D eigenvalue weighted by atomic mass is 10.1. The third-order valence-corrected chi connectivity index (χ3v) is 1.07. The summed E-state index contributed by atoms with van der Waals surface area (Å²) in [6.45, 7) is 0. The van der Waals surface area contributed by atoms with Crippen LogP contribution in [0.1, 0.15) is 6.42 Å². The minimum absolute atomic E-state index is 2.55. The van der Waals surface area contributed by atoms with Crippen LogP contribution in [0.2, 0.25) is 0 Å². The molecule has 0 amide bonds. The molecule has 0 aliphatic carbocycles. The first-order chi connectivity index (χ1) is 5.59. The van der Waals surface area contributed by atoms with Gasteiger partial charge in [0.25, 0.3) is 0 Å². The zero-order valence-electron chi connectivity index (χ0n) is 5.93. The second-order valence-corrected chi connectivity index (χ2v) is 2.20. The Kier molecular flexibility index (Phi) is 2.86. The number of aliphatic carboxylic acids is 2. The van der Waals surface area contributed by atoms with E-state index in [9.17, 15) is 27.2 Å².